The van der Waals surface area contributed by atoms with Crippen LogP contribution in [-0.2, 0) is 9.53 Å². The summed E-state index contributed by atoms with van der Waals surface area (Å²) in [5, 5.41) is 12.3. The molecule has 2 aromatic rings. The second kappa shape index (κ2) is 10.2. The van der Waals surface area contributed by atoms with Crippen molar-refractivity contribution in [2.75, 3.05) is 26.1 Å². The van der Waals surface area contributed by atoms with Gasteiger partial charge in [0.1, 0.15) is 11.6 Å². The first kappa shape index (κ1) is 21.8. The van der Waals surface area contributed by atoms with E-state index < -0.39 is 11.9 Å². The Morgan fingerprint density at radius 3 is 2.41 bits per heavy atom. The van der Waals surface area contributed by atoms with E-state index in [-0.39, 0.29) is 17.2 Å². The molecule has 0 saturated heterocycles. The number of hydrogen-bond donors (Lipinski definition) is 1. The monoisotopic (exact) mass is 414 g/mol. The number of methoxy groups -OCH3 is 2. The molecule has 0 atom stereocenters. The highest BCUT2D eigenvalue weighted by Crippen LogP contribution is 2.36. The molecule has 150 valence electrons. The third kappa shape index (κ3) is 5.50. The van der Waals surface area contributed by atoms with Gasteiger partial charge in [0, 0.05) is 5.69 Å². The van der Waals surface area contributed by atoms with E-state index >= 15 is 0 Å². The molecular formula is C21H19ClN2O5. The lowest BCUT2D eigenvalue weighted by molar-refractivity contribution is -0.112. The van der Waals surface area contributed by atoms with E-state index in [1.807, 2.05) is 6.07 Å². The van der Waals surface area contributed by atoms with Crippen LogP contribution < -0.4 is 14.8 Å². The van der Waals surface area contributed by atoms with Crippen LogP contribution in [0.15, 0.2) is 42.0 Å². The van der Waals surface area contributed by atoms with Crippen molar-refractivity contribution in [3.63, 3.8) is 0 Å². The maximum atomic E-state index is 12.4. The maximum absolute atomic E-state index is 12.4. The number of nitriles is 1. The summed E-state index contributed by atoms with van der Waals surface area (Å²) in [6.07, 6.45) is 1.39. The maximum Gasteiger partial charge on any atom is 0.338 e. The van der Waals surface area contributed by atoms with Crippen molar-refractivity contribution < 1.29 is 23.8 Å². The molecule has 0 spiro atoms. The fourth-order valence-electron chi connectivity index (χ4n) is 2.44. The van der Waals surface area contributed by atoms with E-state index in [1.54, 1.807) is 31.2 Å². The summed E-state index contributed by atoms with van der Waals surface area (Å²) in [6, 6.07) is 11.2. The highest BCUT2D eigenvalue weighted by Gasteiger charge is 2.14. The number of ether oxygens (including phenoxy) is 3. The number of carbonyl (C=O) groups excluding carboxylic acids is 2. The largest absolute Gasteiger partial charge is 0.493 e. The summed E-state index contributed by atoms with van der Waals surface area (Å²) in [5.74, 6) is -0.329. The lowest BCUT2D eigenvalue weighted by atomic mass is 10.1. The van der Waals surface area contributed by atoms with Gasteiger partial charge in [-0.3, -0.25) is 4.79 Å². The van der Waals surface area contributed by atoms with Crippen LogP contribution in [0.25, 0.3) is 6.08 Å². The Bertz CT molecular complexity index is 978. The molecule has 1 N–H and O–H groups in total. The first-order valence-electron chi connectivity index (χ1n) is 8.55. The van der Waals surface area contributed by atoms with Crippen LogP contribution in [0.4, 0.5) is 5.69 Å². The summed E-state index contributed by atoms with van der Waals surface area (Å²) in [6.45, 7) is 1.99. The van der Waals surface area contributed by atoms with Crippen LogP contribution in [0.2, 0.25) is 5.02 Å². The summed E-state index contributed by atoms with van der Waals surface area (Å²) in [5.41, 5.74) is 1.15. The van der Waals surface area contributed by atoms with E-state index in [0.29, 0.717) is 28.3 Å². The molecule has 0 bridgehead atoms. The van der Waals surface area contributed by atoms with Crippen molar-refractivity contribution in [3.05, 3.63) is 58.1 Å². The normalized spacial score (nSPS) is 10.7. The number of benzene rings is 2. The predicted octanol–water partition coefficient (Wildman–Crippen LogP) is 4.08. The van der Waals surface area contributed by atoms with Crippen LogP contribution in [0.1, 0.15) is 22.8 Å². The van der Waals surface area contributed by atoms with Crippen LogP contribution in [0, 0.1) is 11.3 Å². The number of rotatable bonds is 7. The van der Waals surface area contributed by atoms with Gasteiger partial charge < -0.3 is 19.5 Å². The molecular weight excluding hydrogens is 396 g/mol. The standard InChI is InChI=1S/C21H19ClN2O5/c1-4-29-21(26)14-5-7-16(8-6-14)24-20(25)15(12-23)9-13-10-17(22)19(28-3)18(11-13)27-2/h5-11H,4H2,1-3H3,(H,24,25)/b15-9+. The zero-order valence-corrected chi connectivity index (χ0v) is 16.9. The van der Waals surface area contributed by atoms with Gasteiger partial charge in [-0.1, -0.05) is 11.6 Å². The van der Waals surface area contributed by atoms with E-state index in [9.17, 15) is 14.9 Å². The van der Waals surface area contributed by atoms with E-state index in [0.717, 1.165) is 0 Å². The molecule has 0 unspecified atom stereocenters. The zero-order valence-electron chi connectivity index (χ0n) is 16.1. The van der Waals surface area contributed by atoms with Gasteiger partial charge in [-0.15, -0.1) is 0 Å². The number of esters is 1. The number of halogens is 1. The van der Waals surface area contributed by atoms with Crippen molar-refractivity contribution in [1.82, 2.24) is 0 Å². The van der Waals surface area contributed by atoms with Gasteiger partial charge >= 0.3 is 5.97 Å². The van der Waals surface area contributed by atoms with Crippen LogP contribution in [0.5, 0.6) is 11.5 Å². The topological polar surface area (TPSA) is 97.7 Å². The molecule has 1 amide bonds. The predicted molar refractivity (Wildman–Crippen MR) is 109 cm³/mol. The van der Waals surface area contributed by atoms with Crippen molar-refractivity contribution in [3.8, 4) is 17.6 Å². The number of carbonyl (C=O) groups is 2. The average molecular weight is 415 g/mol. The Morgan fingerprint density at radius 2 is 1.86 bits per heavy atom. The lowest BCUT2D eigenvalue weighted by Gasteiger charge is -2.10. The van der Waals surface area contributed by atoms with Gasteiger partial charge in [0.2, 0.25) is 0 Å². The minimum atomic E-state index is -0.609. The molecule has 0 fully saturated rings. The smallest absolute Gasteiger partial charge is 0.338 e. The van der Waals surface area contributed by atoms with E-state index in [1.165, 1.54) is 32.4 Å². The Labute approximate surface area is 173 Å². The molecule has 2 rings (SSSR count). The first-order valence-corrected chi connectivity index (χ1v) is 8.93. The number of anilines is 1. The zero-order chi connectivity index (χ0) is 21.4. The summed E-state index contributed by atoms with van der Waals surface area (Å²) >= 11 is 6.16. The molecule has 0 aliphatic carbocycles. The molecule has 0 aromatic heterocycles. The van der Waals surface area contributed by atoms with Gasteiger partial charge in [-0.05, 0) is 55.0 Å². The van der Waals surface area contributed by atoms with Gasteiger partial charge in [0.05, 0.1) is 31.4 Å². The van der Waals surface area contributed by atoms with Gasteiger partial charge in [0.15, 0.2) is 11.5 Å². The fraction of sp³-hybridized carbons (Fsp3) is 0.190. The Kier molecular flexibility index (Phi) is 7.63. The molecule has 8 heteroatoms. The number of hydrogen-bond acceptors (Lipinski definition) is 6. The van der Waals surface area contributed by atoms with Crippen molar-refractivity contribution in [2.45, 2.75) is 6.92 Å². The van der Waals surface area contributed by atoms with Gasteiger partial charge in [-0.25, -0.2) is 4.79 Å². The van der Waals surface area contributed by atoms with Crippen LogP contribution in [0.3, 0.4) is 0 Å². The highest BCUT2D eigenvalue weighted by atomic mass is 35.5. The third-order valence-corrected chi connectivity index (χ3v) is 4.07. The third-order valence-electron chi connectivity index (χ3n) is 3.79. The fourth-order valence-corrected chi connectivity index (χ4v) is 2.74. The van der Waals surface area contributed by atoms with Gasteiger partial charge in [0.25, 0.3) is 5.91 Å². The minimum Gasteiger partial charge on any atom is -0.493 e. The Balaban J connectivity index is 2.22. The molecule has 0 heterocycles. The Morgan fingerprint density at radius 1 is 1.17 bits per heavy atom. The molecule has 0 aliphatic heterocycles. The lowest BCUT2D eigenvalue weighted by Crippen LogP contribution is -2.13. The molecule has 29 heavy (non-hydrogen) atoms. The van der Waals surface area contributed by atoms with Crippen LogP contribution >= 0.6 is 11.6 Å². The molecule has 0 aliphatic rings. The van der Waals surface area contributed by atoms with Crippen molar-refractivity contribution >= 4 is 35.2 Å². The minimum absolute atomic E-state index is 0.136. The Hall–Kier alpha value is -3.50. The molecule has 7 nitrogen and oxygen atoms in total. The summed E-state index contributed by atoms with van der Waals surface area (Å²) in [4.78, 5) is 24.1. The van der Waals surface area contributed by atoms with Crippen LogP contribution in [-0.4, -0.2) is 32.7 Å². The number of nitrogens with one attached hydrogen (secondary N) is 1. The highest BCUT2D eigenvalue weighted by molar-refractivity contribution is 6.32. The first-order chi connectivity index (χ1) is 13.9. The molecule has 0 radical (unpaired) electrons. The average Bonchev–Trinajstić information content (AvgIpc) is 2.72. The van der Waals surface area contributed by atoms with Crippen molar-refractivity contribution in [1.29, 1.82) is 5.26 Å². The molecule has 2 aromatic carbocycles. The van der Waals surface area contributed by atoms with E-state index in [2.05, 4.69) is 5.32 Å². The second-order valence-electron chi connectivity index (χ2n) is 5.66. The van der Waals surface area contributed by atoms with Crippen molar-refractivity contribution in [2.24, 2.45) is 0 Å². The second-order valence-corrected chi connectivity index (χ2v) is 6.07. The number of nitrogens with zero attached hydrogens (tertiary/aromatic N) is 1. The van der Waals surface area contributed by atoms with E-state index in [4.69, 9.17) is 25.8 Å². The summed E-state index contributed by atoms with van der Waals surface area (Å²) in [7, 11) is 2.92. The summed E-state index contributed by atoms with van der Waals surface area (Å²) < 4.78 is 15.3. The number of amides is 1. The molecule has 0 saturated carbocycles. The quantitative estimate of drug-likeness (QED) is 0.416. The SMILES string of the molecule is CCOC(=O)c1ccc(NC(=O)/C(C#N)=C/c2cc(Cl)c(OC)c(OC)c2)cc1. The van der Waals surface area contributed by atoms with Gasteiger partial charge in [-0.2, -0.15) is 5.26 Å².